The first kappa shape index (κ1) is 110. The highest BCUT2D eigenvalue weighted by molar-refractivity contribution is 6.63. The molecular weight excluding hydrogens is 1960 g/mol. The largest absolute Gasteiger partial charge is 0.505 e. The summed E-state index contributed by atoms with van der Waals surface area (Å²) in [5.74, 6) is 8.25. The van der Waals surface area contributed by atoms with Crippen molar-refractivity contribution in [2.75, 3.05) is 62.5 Å². The molecule has 0 aliphatic rings. The van der Waals surface area contributed by atoms with Crippen molar-refractivity contribution in [1.29, 1.82) is 0 Å². The van der Waals surface area contributed by atoms with Gasteiger partial charge >= 0.3 is 0 Å². The van der Waals surface area contributed by atoms with Gasteiger partial charge < -0.3 is 88.2 Å². The lowest BCUT2D eigenvalue weighted by molar-refractivity contribution is -0.125. The van der Waals surface area contributed by atoms with E-state index in [2.05, 4.69) is 41.2 Å². The molecule has 3 amide bonds. The molecule has 31 heteroatoms. The average molecular weight is 2080 g/mol. The lowest BCUT2D eigenvalue weighted by Crippen LogP contribution is -2.33. The van der Waals surface area contributed by atoms with Crippen molar-refractivity contribution in [3.8, 4) is 34.5 Å². The summed E-state index contributed by atoms with van der Waals surface area (Å²) < 4.78 is 54.5. The maximum atomic E-state index is 13.1. The fourth-order valence-electron chi connectivity index (χ4n) is 15.8. The van der Waals surface area contributed by atoms with Crippen molar-refractivity contribution in [2.45, 2.75) is 124 Å². The second-order valence-corrected chi connectivity index (χ2v) is 38.3. The third kappa shape index (κ3) is 32.4. The van der Waals surface area contributed by atoms with E-state index in [9.17, 15) is 24.3 Å². The summed E-state index contributed by atoms with van der Waals surface area (Å²) in [5, 5.41) is 28.3. The third-order valence-electron chi connectivity index (χ3n) is 23.0. The number of pyridine rings is 4. The SMILES string of the molecule is CC(C)C(=O)Cl.CC(C)C(=O)NC(Cc1cc(Cl)c2cccnc2c1OCc1ccccc1)c1ccc(CN(C)C)o1.CN(C)Cc1ccc(C(Cc2cc(Cl)c3cccnc3c2O)NC(=O)COc2ccccc2)o1.CN(C)Cc1ccc(C(Cc2cc(Cl)c3cccnc3c2OCc2ccccc2)NC(=O)COc2ccccc2)o1.CNCc1ccc(C(N)Cc2cc(Cl)c3cccnc3c2OCc2ccccc2)o1. The van der Waals surface area contributed by atoms with Crippen LogP contribution < -0.4 is 50.7 Å². The molecule has 0 fully saturated rings. The molecule has 0 aliphatic carbocycles. The molecule has 9 aromatic carbocycles. The number of nitrogens with two attached hydrogens (primary N) is 1. The second kappa shape index (κ2) is 54.9. The molecule has 0 aliphatic heterocycles. The molecule has 7 N–H and O–H groups in total. The van der Waals surface area contributed by atoms with Crippen LogP contribution in [-0.4, -0.2) is 125 Å². The van der Waals surface area contributed by atoms with E-state index in [0.717, 1.165) is 83.9 Å². The van der Waals surface area contributed by atoms with Crippen molar-refractivity contribution in [2.24, 2.45) is 17.6 Å². The van der Waals surface area contributed by atoms with Crippen LogP contribution in [0.4, 0.5) is 0 Å². The van der Waals surface area contributed by atoms with Crippen molar-refractivity contribution >= 4 is 125 Å². The lowest BCUT2D eigenvalue weighted by Gasteiger charge is -2.21. The minimum atomic E-state index is -0.550. The Balaban J connectivity index is 0.000000161. The Morgan fingerprint density at radius 1 is 0.367 bits per heavy atom. The number of halogens is 5. The van der Waals surface area contributed by atoms with E-state index in [1.807, 2.05) is 321 Å². The molecule has 0 spiro atoms. The van der Waals surface area contributed by atoms with Gasteiger partial charge in [0.2, 0.25) is 11.1 Å². The van der Waals surface area contributed by atoms with E-state index < -0.39 is 18.1 Å². The number of furan rings is 4. The first-order valence-corrected chi connectivity index (χ1v) is 49.9. The number of ether oxygens (including phenoxy) is 5. The number of aromatic hydroxyl groups is 1. The topological polar surface area (TPSA) is 323 Å². The van der Waals surface area contributed by atoms with Gasteiger partial charge in [-0.3, -0.25) is 39.1 Å². The van der Waals surface area contributed by atoms with E-state index in [1.165, 1.54) is 0 Å². The Kier molecular flexibility index (Phi) is 41.1. The Morgan fingerprint density at radius 2 is 0.667 bits per heavy atom. The van der Waals surface area contributed by atoms with E-state index in [4.69, 9.17) is 105 Å². The summed E-state index contributed by atoms with van der Waals surface area (Å²) in [6, 6.07) is 84.1. The van der Waals surface area contributed by atoms with E-state index >= 15 is 0 Å². The Morgan fingerprint density at radius 3 is 1.01 bits per heavy atom. The molecule has 26 nitrogen and oxygen atoms in total. The Bertz CT molecular complexity index is 7140. The standard InChI is InChI=1S/C33H32ClN3O4.C29H32ClN3O3.C26H26ClN3O4.C24H24ClN3O2.C4H7ClO/c1-37(2)20-26-15-16-30(41-26)29(36-31(38)22-39-25-12-7-4-8-13-25)19-24-18-28(34)27-14-9-17-35-32(27)33(24)40-21-23-10-5-3-6-11-23;1-19(2)29(34)32-25(26-13-12-22(36-26)17-33(3)4)16-21-15-24(30)23-11-8-14-31-27(23)28(21)35-18-20-9-6-5-7-10-20;1-30(2)15-19-10-11-23(34-19)22(29-24(31)16-33-18-7-4-3-5-8-18)14-17-13-21(27)20-9-6-12-28-25(20)26(17)32;1-27-14-18-9-10-22(30-18)21(26)13-17-12-20(25)19-8-5-11-28-23(19)24(17)29-15-16-6-3-2-4-7-16;1-3(2)4(5)6/h3-18,29H,19-22H2,1-2H3,(H,36,38);5-15,19,25H,16-18H2,1-4H3,(H,32,34);3-13,22,32H,14-16H2,1-2H3,(H,29,31);2-12,21,27H,13-15,26H2,1H3;3H,1-2H3. The van der Waals surface area contributed by atoms with Crippen LogP contribution in [0.2, 0.25) is 20.1 Å². The molecule has 147 heavy (non-hydrogen) atoms. The maximum Gasteiger partial charge on any atom is 0.258 e. The van der Waals surface area contributed by atoms with Gasteiger partial charge in [0.1, 0.15) is 122 Å². The van der Waals surface area contributed by atoms with Crippen molar-refractivity contribution in [3.05, 3.63) is 403 Å². The molecule has 0 radical (unpaired) electrons. The van der Waals surface area contributed by atoms with Crippen molar-refractivity contribution in [3.63, 3.8) is 0 Å². The van der Waals surface area contributed by atoms with E-state index in [0.29, 0.717) is 159 Å². The quantitative estimate of drug-likeness (QED) is 0.0194. The Hall–Kier alpha value is -14.1. The smallest absolute Gasteiger partial charge is 0.258 e. The number of carbonyl (C=O) groups is 4. The molecule has 4 unspecified atom stereocenters. The third-order valence-corrected chi connectivity index (χ3v) is 24.7. The molecule has 17 rings (SSSR count). The number of carbonyl (C=O) groups excluding carboxylic acids is 4. The highest BCUT2D eigenvalue weighted by Gasteiger charge is 2.30. The molecule has 8 heterocycles. The van der Waals surface area contributed by atoms with Gasteiger partial charge in [0, 0.05) is 94.1 Å². The normalized spacial score (nSPS) is 12.0. The average Bonchev–Trinajstić information content (AvgIpc) is 1.77. The van der Waals surface area contributed by atoms with Gasteiger partial charge in [-0.25, -0.2) is 0 Å². The van der Waals surface area contributed by atoms with Crippen LogP contribution >= 0.6 is 58.0 Å². The van der Waals surface area contributed by atoms with Crippen molar-refractivity contribution < 1.29 is 65.6 Å². The number of hydrogen-bond donors (Lipinski definition) is 6. The molecule has 0 bridgehead atoms. The summed E-state index contributed by atoms with van der Waals surface area (Å²) in [6.07, 6.45) is 8.36. The summed E-state index contributed by atoms with van der Waals surface area (Å²) in [7, 11) is 13.7. The number of hydrogen-bond acceptors (Lipinski definition) is 23. The van der Waals surface area contributed by atoms with Crippen LogP contribution in [0, 0.1) is 11.8 Å². The highest BCUT2D eigenvalue weighted by Crippen LogP contribution is 2.43. The number of nitrogens with one attached hydrogen (secondary N) is 4. The van der Waals surface area contributed by atoms with Crippen LogP contribution in [-0.2, 0) is 90.9 Å². The van der Waals surface area contributed by atoms with E-state index in [-0.39, 0.29) is 66.2 Å². The van der Waals surface area contributed by atoms with Gasteiger partial charge in [0.05, 0.1) is 70.4 Å². The summed E-state index contributed by atoms with van der Waals surface area (Å²) in [5.41, 5.74) is 15.2. The van der Waals surface area contributed by atoms with Crippen LogP contribution in [0.25, 0.3) is 43.6 Å². The molecular formula is C116H121Cl5N12O14. The van der Waals surface area contributed by atoms with Gasteiger partial charge in [-0.15, -0.1) is 0 Å². The molecule has 4 atom stereocenters. The number of nitrogens with zero attached hydrogens (tertiary/aromatic N) is 7. The number of amides is 3. The number of fused-ring (bicyclic) bond motifs is 4. The summed E-state index contributed by atoms with van der Waals surface area (Å²) in [6.45, 7) is 10.7. The molecule has 0 saturated carbocycles. The van der Waals surface area contributed by atoms with Crippen molar-refractivity contribution in [1.82, 2.24) is 55.9 Å². The number of phenols is 1. The van der Waals surface area contributed by atoms with Gasteiger partial charge in [0.15, 0.2) is 13.2 Å². The van der Waals surface area contributed by atoms with Gasteiger partial charge in [-0.05, 0) is 235 Å². The van der Waals surface area contributed by atoms with Gasteiger partial charge in [-0.2, -0.15) is 0 Å². The van der Waals surface area contributed by atoms with Crippen LogP contribution in [0.1, 0.15) is 137 Å². The predicted octanol–water partition coefficient (Wildman–Crippen LogP) is 23.9. The number of para-hydroxylation sites is 2. The molecule has 0 saturated heterocycles. The zero-order valence-corrected chi connectivity index (χ0v) is 87.6. The molecule has 764 valence electrons. The lowest BCUT2D eigenvalue weighted by atomic mass is 10.00. The van der Waals surface area contributed by atoms with Gasteiger partial charge in [-0.1, -0.05) is 201 Å². The number of aromatic nitrogens is 4. The Labute approximate surface area is 881 Å². The second-order valence-electron chi connectivity index (χ2n) is 36.3. The monoisotopic (exact) mass is 2080 g/mol. The number of rotatable bonds is 40. The summed E-state index contributed by atoms with van der Waals surface area (Å²) in [4.78, 5) is 72.6. The zero-order valence-electron chi connectivity index (χ0n) is 83.8. The fraction of sp³-hybridized carbons (Fsp3) is 0.259. The first-order valence-electron chi connectivity index (χ1n) is 48.0. The summed E-state index contributed by atoms with van der Waals surface area (Å²) >= 11 is 31.4. The highest BCUT2D eigenvalue weighted by atomic mass is 35.5. The van der Waals surface area contributed by atoms with Gasteiger partial charge in [0.25, 0.3) is 11.8 Å². The maximum absolute atomic E-state index is 13.1. The van der Waals surface area contributed by atoms with Crippen LogP contribution in [0.15, 0.2) is 315 Å². The zero-order chi connectivity index (χ0) is 104. The molecule has 17 aromatic rings. The first-order chi connectivity index (χ1) is 71.0. The van der Waals surface area contributed by atoms with E-state index in [1.54, 1.807) is 69.0 Å². The van der Waals surface area contributed by atoms with Crippen LogP contribution in [0.5, 0.6) is 34.5 Å². The fourth-order valence-corrected chi connectivity index (χ4v) is 16.9. The molecule has 8 aromatic heterocycles. The predicted molar refractivity (Wildman–Crippen MR) is 580 cm³/mol. The number of benzene rings is 9. The van der Waals surface area contributed by atoms with Crippen LogP contribution in [0.3, 0.4) is 0 Å². The number of phenolic OH excluding ortho intramolecular Hbond substituents is 1. The minimum absolute atomic E-state index is 0.0216. The minimum Gasteiger partial charge on any atom is -0.505 e.